The van der Waals surface area contributed by atoms with E-state index in [-0.39, 0.29) is 18.5 Å². The fourth-order valence-corrected chi connectivity index (χ4v) is 5.51. The van der Waals surface area contributed by atoms with Crippen LogP contribution in [0.4, 0.5) is 10.5 Å². The zero-order chi connectivity index (χ0) is 28.4. The largest absolute Gasteiger partial charge is 0.395 e. The van der Waals surface area contributed by atoms with Crippen LogP contribution < -0.4 is 10.6 Å². The maximum absolute atomic E-state index is 14.2. The van der Waals surface area contributed by atoms with Gasteiger partial charge in [0.1, 0.15) is 0 Å². The number of amides is 3. The van der Waals surface area contributed by atoms with Crippen molar-refractivity contribution >= 4 is 17.6 Å². The van der Waals surface area contributed by atoms with Gasteiger partial charge in [-0.25, -0.2) is 4.79 Å². The van der Waals surface area contributed by atoms with Gasteiger partial charge in [0.05, 0.1) is 12.0 Å². The Balaban J connectivity index is 1.37. The molecule has 40 heavy (non-hydrogen) atoms. The molecule has 1 saturated heterocycles. The molecule has 212 valence electrons. The number of aryl methyl sites for hydroxylation is 2. The minimum absolute atomic E-state index is 0.0628. The third kappa shape index (κ3) is 7.46. The Morgan fingerprint density at radius 3 is 2.35 bits per heavy atom. The zero-order valence-corrected chi connectivity index (χ0v) is 23.6. The van der Waals surface area contributed by atoms with Gasteiger partial charge in [0.25, 0.3) is 0 Å². The molecule has 0 bridgehead atoms. The Morgan fingerprint density at radius 2 is 1.70 bits per heavy atom. The van der Waals surface area contributed by atoms with Crippen LogP contribution in [0.1, 0.15) is 42.3 Å². The first-order valence-electron chi connectivity index (χ1n) is 14.2. The normalized spacial score (nSPS) is 14.9. The molecule has 4 rings (SSSR count). The molecule has 0 saturated carbocycles. The third-order valence-corrected chi connectivity index (χ3v) is 7.66. The smallest absolute Gasteiger partial charge is 0.319 e. The maximum Gasteiger partial charge on any atom is 0.319 e. The van der Waals surface area contributed by atoms with E-state index in [1.165, 1.54) is 0 Å². The molecule has 1 fully saturated rings. The van der Waals surface area contributed by atoms with E-state index in [2.05, 4.69) is 20.5 Å². The second-order valence-corrected chi connectivity index (χ2v) is 10.4. The summed E-state index contributed by atoms with van der Waals surface area (Å²) in [5, 5.41) is 15.7. The highest BCUT2D eigenvalue weighted by Crippen LogP contribution is 2.38. The number of likely N-dealkylation sites (tertiary alicyclic amines) is 1. The molecule has 2 heterocycles. The second-order valence-electron chi connectivity index (χ2n) is 10.4. The number of pyridine rings is 1. The molecule has 0 atom stereocenters. The number of nitrogens with zero attached hydrogens (tertiary/aromatic N) is 3. The quantitative estimate of drug-likeness (QED) is 0.338. The molecule has 3 amide bonds. The lowest BCUT2D eigenvalue weighted by Gasteiger charge is -2.43. The summed E-state index contributed by atoms with van der Waals surface area (Å²) in [4.78, 5) is 35.2. The fourth-order valence-electron chi connectivity index (χ4n) is 5.51. The summed E-state index contributed by atoms with van der Waals surface area (Å²) in [6.07, 6.45) is 2.16. The molecule has 0 spiro atoms. The number of aromatic nitrogens is 1. The van der Waals surface area contributed by atoms with Crippen LogP contribution in [0, 0.1) is 6.92 Å². The van der Waals surface area contributed by atoms with Crippen molar-refractivity contribution in [3.63, 3.8) is 0 Å². The molecule has 1 aromatic heterocycles. The summed E-state index contributed by atoms with van der Waals surface area (Å²) in [7, 11) is 0. The van der Waals surface area contributed by atoms with Crippen molar-refractivity contribution in [3.05, 3.63) is 95.3 Å². The minimum Gasteiger partial charge on any atom is -0.395 e. The van der Waals surface area contributed by atoms with Crippen molar-refractivity contribution in [2.24, 2.45) is 0 Å². The van der Waals surface area contributed by atoms with Gasteiger partial charge in [-0.3, -0.25) is 9.78 Å². The van der Waals surface area contributed by atoms with Gasteiger partial charge in [-0.1, -0.05) is 67.6 Å². The summed E-state index contributed by atoms with van der Waals surface area (Å²) < 4.78 is 0. The van der Waals surface area contributed by atoms with Gasteiger partial charge >= 0.3 is 6.03 Å². The predicted octanol–water partition coefficient (Wildman–Crippen LogP) is 4.13. The van der Waals surface area contributed by atoms with Crippen LogP contribution in [0.5, 0.6) is 0 Å². The van der Waals surface area contributed by atoms with Crippen LogP contribution in [0.3, 0.4) is 0 Å². The minimum atomic E-state index is -0.650. The van der Waals surface area contributed by atoms with Crippen molar-refractivity contribution in [1.29, 1.82) is 0 Å². The highest BCUT2D eigenvalue weighted by Gasteiger charge is 2.44. The van der Waals surface area contributed by atoms with E-state index in [4.69, 9.17) is 0 Å². The van der Waals surface area contributed by atoms with E-state index in [1.54, 1.807) is 4.90 Å². The molecular formula is C32H41N5O3. The molecule has 8 heteroatoms. The van der Waals surface area contributed by atoms with Gasteiger partial charge in [-0.15, -0.1) is 0 Å². The number of nitrogens with one attached hydrogen (secondary N) is 2. The molecule has 3 aromatic rings. The average molecular weight is 544 g/mol. The number of anilines is 1. The van der Waals surface area contributed by atoms with Gasteiger partial charge in [0.2, 0.25) is 5.91 Å². The number of aliphatic hydroxyl groups is 1. The average Bonchev–Trinajstić information content (AvgIpc) is 2.97. The number of aliphatic hydroxyl groups excluding tert-OH is 1. The van der Waals surface area contributed by atoms with Crippen LogP contribution >= 0.6 is 0 Å². The highest BCUT2D eigenvalue weighted by molar-refractivity contribution is 5.89. The number of rotatable bonds is 11. The molecule has 0 unspecified atom stereocenters. The Labute approximate surface area is 237 Å². The monoisotopic (exact) mass is 543 g/mol. The third-order valence-electron chi connectivity index (χ3n) is 7.66. The van der Waals surface area contributed by atoms with Crippen LogP contribution in [-0.4, -0.2) is 71.2 Å². The molecule has 1 aliphatic heterocycles. The zero-order valence-electron chi connectivity index (χ0n) is 23.6. The van der Waals surface area contributed by atoms with Gasteiger partial charge in [0.15, 0.2) is 0 Å². The van der Waals surface area contributed by atoms with E-state index in [1.807, 2.05) is 86.6 Å². The van der Waals surface area contributed by atoms with Gasteiger partial charge < -0.3 is 25.5 Å². The summed E-state index contributed by atoms with van der Waals surface area (Å²) in [6.45, 7) is 7.33. The van der Waals surface area contributed by atoms with E-state index < -0.39 is 5.41 Å². The number of benzene rings is 2. The van der Waals surface area contributed by atoms with Gasteiger partial charge in [-0.05, 0) is 62.5 Å². The van der Waals surface area contributed by atoms with Crippen LogP contribution in [0.2, 0.25) is 0 Å². The summed E-state index contributed by atoms with van der Waals surface area (Å²) in [6, 6.07) is 23.5. The molecule has 0 radical (unpaired) electrons. The van der Waals surface area contributed by atoms with E-state index in [0.717, 1.165) is 47.7 Å². The summed E-state index contributed by atoms with van der Waals surface area (Å²) >= 11 is 0. The number of carbonyl (C=O) groups excluding carboxylic acids is 2. The summed E-state index contributed by atoms with van der Waals surface area (Å²) in [5.41, 5.74) is 3.98. The van der Waals surface area contributed by atoms with E-state index in [0.29, 0.717) is 39.0 Å². The Bertz CT molecular complexity index is 1240. The number of urea groups is 1. The topological polar surface area (TPSA) is 97.8 Å². The fraction of sp³-hybridized carbons (Fsp3) is 0.406. The molecule has 8 nitrogen and oxygen atoms in total. The van der Waals surface area contributed by atoms with Crippen LogP contribution in [-0.2, 0) is 23.2 Å². The van der Waals surface area contributed by atoms with E-state index in [9.17, 15) is 14.7 Å². The van der Waals surface area contributed by atoms with Gasteiger partial charge in [-0.2, -0.15) is 0 Å². The second kappa shape index (κ2) is 14.1. The number of piperidine rings is 1. The maximum atomic E-state index is 14.2. The predicted molar refractivity (Wildman–Crippen MR) is 158 cm³/mol. The van der Waals surface area contributed by atoms with Crippen molar-refractivity contribution in [2.75, 3.05) is 44.6 Å². The Hall–Kier alpha value is -3.75. The number of carbonyl (C=O) groups is 2. The Morgan fingerprint density at radius 1 is 1.02 bits per heavy atom. The molecule has 1 aliphatic rings. The van der Waals surface area contributed by atoms with E-state index >= 15 is 0 Å². The number of hydrogen-bond acceptors (Lipinski definition) is 5. The first kappa shape index (κ1) is 29.2. The number of hydrogen-bond donors (Lipinski definition) is 3. The van der Waals surface area contributed by atoms with Crippen molar-refractivity contribution in [2.45, 2.75) is 45.1 Å². The first-order chi connectivity index (χ1) is 19.4. The lowest BCUT2D eigenvalue weighted by Crippen LogP contribution is -2.54. The van der Waals surface area contributed by atoms with Gasteiger partial charge in [0, 0.05) is 43.3 Å². The van der Waals surface area contributed by atoms with Crippen LogP contribution in [0.15, 0.2) is 72.8 Å². The molecule has 0 aliphatic carbocycles. The van der Waals surface area contributed by atoms with Crippen LogP contribution in [0.25, 0.3) is 0 Å². The van der Waals surface area contributed by atoms with Crippen molar-refractivity contribution in [1.82, 2.24) is 20.1 Å². The molecule has 3 N–H and O–H groups in total. The SMILES string of the molecule is CCc1cc(NC(=O)NCCN2CCC(C(=O)N(CCO)Cc3ccccc3)(c3ccccc3)CC2)cc(C)n1. The van der Waals surface area contributed by atoms with Crippen molar-refractivity contribution < 1.29 is 14.7 Å². The lowest BCUT2D eigenvalue weighted by atomic mass is 9.71. The molecular weight excluding hydrogens is 502 g/mol. The summed E-state index contributed by atoms with van der Waals surface area (Å²) in [5.74, 6) is 0.0628. The highest BCUT2D eigenvalue weighted by atomic mass is 16.3. The van der Waals surface area contributed by atoms with Crippen molar-refractivity contribution in [3.8, 4) is 0 Å². The first-order valence-corrected chi connectivity index (χ1v) is 14.2. The standard InChI is InChI=1S/C32H41N5O3/c1-3-28-23-29(22-25(2)34-28)35-31(40)33-16-19-36-17-14-32(15-18-36,27-12-8-5-9-13-27)30(39)37(20-21-38)24-26-10-6-4-7-11-26/h4-13,22-23,38H,3,14-21,24H2,1-2H3,(H2,33,34,35,40). The molecule has 2 aromatic carbocycles. The lowest BCUT2D eigenvalue weighted by molar-refractivity contribution is -0.140. The Kier molecular flexibility index (Phi) is 10.3.